The van der Waals surface area contributed by atoms with Crippen molar-refractivity contribution in [2.75, 3.05) is 6.61 Å². The molecule has 0 radical (unpaired) electrons. The molecule has 0 unspecified atom stereocenters. The van der Waals surface area contributed by atoms with E-state index in [2.05, 4.69) is 5.32 Å². The van der Waals surface area contributed by atoms with Crippen LogP contribution < -0.4 is 5.32 Å². The molecule has 1 amide bonds. The third-order valence-electron chi connectivity index (χ3n) is 3.13. The van der Waals surface area contributed by atoms with Crippen LogP contribution in [-0.4, -0.2) is 23.7 Å². The molecule has 15 heavy (non-hydrogen) atoms. The van der Waals surface area contributed by atoms with Crippen LogP contribution in [0.25, 0.3) is 0 Å². The Balaban J connectivity index is 2.23. The van der Waals surface area contributed by atoms with Crippen LogP contribution in [0.5, 0.6) is 0 Å². The third-order valence-corrected chi connectivity index (χ3v) is 3.13. The molecule has 1 aliphatic rings. The zero-order valence-corrected chi connectivity index (χ0v) is 9.67. The van der Waals surface area contributed by atoms with E-state index in [1.807, 2.05) is 6.92 Å². The highest BCUT2D eigenvalue weighted by molar-refractivity contribution is 5.76. The highest BCUT2D eigenvalue weighted by Gasteiger charge is 2.16. The van der Waals surface area contributed by atoms with Gasteiger partial charge in [0.05, 0.1) is 6.61 Å². The second kappa shape index (κ2) is 6.83. The smallest absolute Gasteiger partial charge is 0.220 e. The van der Waals surface area contributed by atoms with Crippen LogP contribution in [0.4, 0.5) is 0 Å². The monoisotopic (exact) mass is 213 g/mol. The Kier molecular flexibility index (Phi) is 5.69. The minimum absolute atomic E-state index is 0.0242. The first kappa shape index (κ1) is 12.5. The average molecular weight is 213 g/mol. The average Bonchev–Trinajstić information content (AvgIpc) is 2.46. The second-order valence-corrected chi connectivity index (χ2v) is 4.71. The van der Waals surface area contributed by atoms with E-state index in [0.717, 1.165) is 0 Å². The van der Waals surface area contributed by atoms with Gasteiger partial charge in [-0.2, -0.15) is 0 Å². The Hall–Kier alpha value is -0.570. The summed E-state index contributed by atoms with van der Waals surface area (Å²) in [7, 11) is 0. The maximum Gasteiger partial charge on any atom is 0.220 e. The standard InChI is InChI=1S/C12H23NO2/c1-10(9-14)13-12(15)8-11-6-4-2-3-5-7-11/h10-11,14H,2-9H2,1H3,(H,13,15)/t10-/m0/s1. The topological polar surface area (TPSA) is 49.3 Å². The van der Waals surface area contributed by atoms with E-state index in [4.69, 9.17) is 5.11 Å². The Labute approximate surface area is 92.3 Å². The normalized spacial score (nSPS) is 20.7. The molecule has 0 heterocycles. The fourth-order valence-corrected chi connectivity index (χ4v) is 2.21. The Bertz CT molecular complexity index is 186. The molecular weight excluding hydrogens is 190 g/mol. The summed E-state index contributed by atoms with van der Waals surface area (Å²) in [5.74, 6) is 0.668. The van der Waals surface area contributed by atoms with Gasteiger partial charge in [0, 0.05) is 12.5 Å². The van der Waals surface area contributed by atoms with Crippen LogP contribution in [0.1, 0.15) is 51.9 Å². The largest absolute Gasteiger partial charge is 0.394 e. The molecule has 0 bridgehead atoms. The molecule has 1 saturated carbocycles. The molecular formula is C12H23NO2. The summed E-state index contributed by atoms with van der Waals surface area (Å²) in [6.45, 7) is 1.85. The molecule has 0 spiro atoms. The van der Waals surface area contributed by atoms with Crippen molar-refractivity contribution in [1.29, 1.82) is 0 Å². The maximum absolute atomic E-state index is 11.6. The van der Waals surface area contributed by atoms with Gasteiger partial charge in [-0.15, -0.1) is 0 Å². The molecule has 0 aromatic heterocycles. The number of nitrogens with one attached hydrogen (secondary N) is 1. The molecule has 0 saturated heterocycles. The zero-order chi connectivity index (χ0) is 11.1. The number of aliphatic hydroxyl groups is 1. The van der Waals surface area contributed by atoms with Gasteiger partial charge in [-0.05, 0) is 25.7 Å². The number of carbonyl (C=O) groups is 1. The van der Waals surface area contributed by atoms with Crippen molar-refractivity contribution in [3.63, 3.8) is 0 Å². The Morgan fingerprint density at radius 3 is 2.47 bits per heavy atom. The van der Waals surface area contributed by atoms with Gasteiger partial charge in [0.2, 0.25) is 5.91 Å². The number of hydrogen-bond acceptors (Lipinski definition) is 2. The molecule has 1 aliphatic carbocycles. The number of amides is 1. The third kappa shape index (κ3) is 5.17. The van der Waals surface area contributed by atoms with Gasteiger partial charge >= 0.3 is 0 Å². The predicted molar refractivity (Wildman–Crippen MR) is 60.5 cm³/mol. The lowest BCUT2D eigenvalue weighted by atomic mass is 9.96. The van der Waals surface area contributed by atoms with Crippen LogP contribution in [0.3, 0.4) is 0 Å². The van der Waals surface area contributed by atoms with Crippen LogP contribution >= 0.6 is 0 Å². The first-order valence-electron chi connectivity index (χ1n) is 6.12. The summed E-state index contributed by atoms with van der Waals surface area (Å²) >= 11 is 0. The molecule has 1 fully saturated rings. The lowest BCUT2D eigenvalue weighted by Gasteiger charge is -2.16. The quantitative estimate of drug-likeness (QED) is 0.700. The maximum atomic E-state index is 11.6. The first-order valence-corrected chi connectivity index (χ1v) is 6.12. The van der Waals surface area contributed by atoms with Crippen LogP contribution in [0.15, 0.2) is 0 Å². The predicted octanol–water partition coefficient (Wildman–Crippen LogP) is 1.84. The lowest BCUT2D eigenvalue weighted by Crippen LogP contribution is -2.35. The van der Waals surface area contributed by atoms with E-state index < -0.39 is 0 Å². The lowest BCUT2D eigenvalue weighted by molar-refractivity contribution is -0.123. The van der Waals surface area contributed by atoms with E-state index in [9.17, 15) is 4.79 Å². The Morgan fingerprint density at radius 1 is 1.33 bits per heavy atom. The van der Waals surface area contributed by atoms with Gasteiger partial charge in [-0.1, -0.05) is 25.7 Å². The molecule has 1 atom stereocenters. The zero-order valence-electron chi connectivity index (χ0n) is 9.67. The van der Waals surface area contributed by atoms with Crippen molar-refractivity contribution in [2.24, 2.45) is 5.92 Å². The van der Waals surface area contributed by atoms with Crippen molar-refractivity contribution in [3.05, 3.63) is 0 Å². The SMILES string of the molecule is C[C@@H](CO)NC(=O)CC1CCCCCC1. The van der Waals surface area contributed by atoms with Gasteiger partial charge in [0.15, 0.2) is 0 Å². The first-order chi connectivity index (χ1) is 7.22. The van der Waals surface area contributed by atoms with Gasteiger partial charge < -0.3 is 10.4 Å². The molecule has 3 heteroatoms. The second-order valence-electron chi connectivity index (χ2n) is 4.71. The number of rotatable bonds is 4. The molecule has 0 aromatic carbocycles. The van der Waals surface area contributed by atoms with Gasteiger partial charge in [0.1, 0.15) is 0 Å². The van der Waals surface area contributed by atoms with Crippen molar-refractivity contribution in [3.8, 4) is 0 Å². The molecule has 0 aliphatic heterocycles. The molecule has 0 aromatic rings. The summed E-state index contributed by atoms with van der Waals surface area (Å²) in [6.07, 6.45) is 8.23. The fourth-order valence-electron chi connectivity index (χ4n) is 2.21. The Morgan fingerprint density at radius 2 is 1.93 bits per heavy atom. The molecule has 88 valence electrons. The molecule has 1 rings (SSSR count). The van der Waals surface area contributed by atoms with E-state index in [-0.39, 0.29) is 18.6 Å². The summed E-state index contributed by atoms with van der Waals surface area (Å²) in [4.78, 5) is 11.6. The highest BCUT2D eigenvalue weighted by atomic mass is 16.3. The van der Waals surface area contributed by atoms with Crippen LogP contribution in [-0.2, 0) is 4.79 Å². The van der Waals surface area contributed by atoms with Crippen molar-refractivity contribution in [1.82, 2.24) is 5.32 Å². The summed E-state index contributed by atoms with van der Waals surface area (Å²) < 4.78 is 0. The van der Waals surface area contributed by atoms with Crippen LogP contribution in [0.2, 0.25) is 0 Å². The van der Waals surface area contributed by atoms with Crippen molar-refractivity contribution >= 4 is 5.91 Å². The summed E-state index contributed by atoms with van der Waals surface area (Å²) in [5.41, 5.74) is 0. The molecule has 2 N–H and O–H groups in total. The number of aliphatic hydroxyl groups excluding tert-OH is 1. The molecule has 3 nitrogen and oxygen atoms in total. The minimum Gasteiger partial charge on any atom is -0.394 e. The van der Waals surface area contributed by atoms with Gasteiger partial charge in [-0.25, -0.2) is 0 Å². The van der Waals surface area contributed by atoms with E-state index in [1.165, 1.54) is 38.5 Å². The van der Waals surface area contributed by atoms with Gasteiger partial charge in [0.25, 0.3) is 0 Å². The summed E-state index contributed by atoms with van der Waals surface area (Å²) in [5, 5.41) is 11.6. The summed E-state index contributed by atoms with van der Waals surface area (Å²) in [6, 6.07) is -0.108. The number of carbonyl (C=O) groups excluding carboxylic acids is 1. The van der Waals surface area contributed by atoms with E-state index in [1.54, 1.807) is 0 Å². The van der Waals surface area contributed by atoms with E-state index in [0.29, 0.717) is 12.3 Å². The fraction of sp³-hybridized carbons (Fsp3) is 0.917. The minimum atomic E-state index is -0.108. The van der Waals surface area contributed by atoms with Crippen molar-refractivity contribution < 1.29 is 9.90 Å². The highest BCUT2D eigenvalue weighted by Crippen LogP contribution is 2.25. The van der Waals surface area contributed by atoms with Gasteiger partial charge in [-0.3, -0.25) is 4.79 Å². The van der Waals surface area contributed by atoms with Crippen molar-refractivity contribution in [2.45, 2.75) is 57.9 Å². The van der Waals surface area contributed by atoms with E-state index >= 15 is 0 Å². The van der Waals surface area contributed by atoms with Crippen LogP contribution in [0, 0.1) is 5.92 Å². The number of hydrogen-bond donors (Lipinski definition) is 2.